The quantitative estimate of drug-likeness (QED) is 0.268. The Morgan fingerprint density at radius 3 is 1.23 bits per heavy atom. The van der Waals surface area contributed by atoms with Crippen LogP contribution in [0.5, 0.6) is 0 Å². The summed E-state index contributed by atoms with van der Waals surface area (Å²) >= 11 is 0. The molecule has 2 bridgehead atoms. The van der Waals surface area contributed by atoms with Crippen LogP contribution in [-0.2, 0) is 4.74 Å². The second kappa shape index (κ2) is 25.9. The van der Waals surface area contributed by atoms with Crippen LogP contribution in [0.25, 0.3) is 0 Å². The van der Waals surface area contributed by atoms with Crippen molar-refractivity contribution < 1.29 is 4.74 Å². The van der Waals surface area contributed by atoms with E-state index < -0.39 is 0 Å². The first-order valence-electron chi connectivity index (χ1n) is 26.9. The average Bonchev–Trinajstić information content (AvgIpc) is 3.77. The maximum absolute atomic E-state index is 5.73. The Bertz CT molecular complexity index is 1260. The molecule has 62 heavy (non-hydrogen) atoms. The van der Waals surface area contributed by atoms with Gasteiger partial charge in [-0.3, -0.25) is 0 Å². The van der Waals surface area contributed by atoms with Crippen LogP contribution in [0.15, 0.2) is 30.3 Å². The fourth-order valence-corrected chi connectivity index (χ4v) is 12.9. The van der Waals surface area contributed by atoms with Gasteiger partial charge in [-0.2, -0.15) is 0 Å². The van der Waals surface area contributed by atoms with Crippen molar-refractivity contribution in [1.82, 2.24) is 0 Å². The molecule has 0 aromatic heterocycles. The molecule has 0 radical (unpaired) electrons. The van der Waals surface area contributed by atoms with E-state index in [9.17, 15) is 0 Å². The van der Waals surface area contributed by atoms with Crippen molar-refractivity contribution in [3.8, 4) is 0 Å². The Balaban J connectivity index is 0.000000266. The molecule has 5 saturated carbocycles. The van der Waals surface area contributed by atoms with Crippen LogP contribution < -0.4 is 0 Å². The summed E-state index contributed by atoms with van der Waals surface area (Å²) in [6.07, 6.45) is 33.1. The highest BCUT2D eigenvalue weighted by molar-refractivity contribution is 5.26. The summed E-state index contributed by atoms with van der Waals surface area (Å²) in [7, 11) is 0. The standard InChI is InChI=1S/C13H18.C12H24O.C12H22.C12H24.C11H22.CH4/c1-13(2,3)12-9-11(12)10-7-5-4-6-8-10;1-9-6-11(7-10(2)13-9)8-12(3,4)5;1-12(2,3)8-11-7-9-4-5-10(11)6-9;1-12(2,3)10-11-8-6-4-5-7-9-11;1-11(2,3)9-10-7-5-4-6-8-10;/h4-8,11-12H,9H2,1-3H3;9-11H,6-8H2,1-5H3;9-11H,4-8H2,1-3H3;11H,4-10H2,1-3H3;10H,4-9H2,1-3H3;1H4. The molecule has 0 N–H and O–H groups in total. The smallest absolute Gasteiger partial charge is 0.0553 e. The number of hydrogen-bond acceptors (Lipinski definition) is 1. The lowest BCUT2D eigenvalue weighted by atomic mass is 9.77. The van der Waals surface area contributed by atoms with Gasteiger partial charge in [-0.15, -0.1) is 0 Å². The van der Waals surface area contributed by atoms with Crippen LogP contribution in [-0.4, -0.2) is 12.2 Å². The number of benzene rings is 1. The van der Waals surface area contributed by atoms with Gasteiger partial charge in [0.25, 0.3) is 0 Å². The van der Waals surface area contributed by atoms with E-state index >= 15 is 0 Å². The molecule has 6 aliphatic rings. The molecule has 5 aliphatic carbocycles. The molecule has 0 amide bonds. The minimum atomic E-state index is 0. The lowest BCUT2D eigenvalue weighted by molar-refractivity contribution is -0.0583. The SMILES string of the molecule is C.CC(C)(C)C1CC1c1ccccc1.CC(C)(C)CC1CC2CCC1C2.CC(C)(C)CC1CCCCC1.CC(C)(C)CC1CCCCCC1.CC1CC(CC(C)(C)C)CC(C)O1. The molecule has 7 rings (SSSR count). The maximum atomic E-state index is 5.73. The van der Waals surface area contributed by atoms with Crippen LogP contribution in [0, 0.1) is 68.5 Å². The first-order chi connectivity index (χ1) is 28.2. The maximum Gasteiger partial charge on any atom is 0.0553 e. The molecule has 1 aromatic carbocycles. The van der Waals surface area contributed by atoms with Crippen molar-refractivity contribution in [2.75, 3.05) is 0 Å². The number of rotatable bonds is 5. The van der Waals surface area contributed by atoms with E-state index in [1.54, 1.807) is 25.7 Å². The molecular weight excluding hydrogens is 749 g/mol. The lowest BCUT2D eigenvalue weighted by Crippen LogP contribution is -2.31. The molecule has 1 aliphatic heterocycles. The van der Waals surface area contributed by atoms with Crippen molar-refractivity contribution in [2.45, 2.75) is 285 Å². The first-order valence-corrected chi connectivity index (χ1v) is 26.9. The van der Waals surface area contributed by atoms with Gasteiger partial charge in [0.1, 0.15) is 0 Å². The monoisotopic (exact) mass is 863 g/mol. The predicted octanol–water partition coefficient (Wildman–Crippen LogP) is 20.4. The first kappa shape index (κ1) is 57.3. The molecule has 0 spiro atoms. The highest BCUT2D eigenvalue weighted by Crippen LogP contribution is 2.56. The van der Waals surface area contributed by atoms with E-state index in [2.05, 4.69) is 148 Å². The average molecular weight is 864 g/mol. The largest absolute Gasteiger partial charge is 0.376 e. The third-order valence-electron chi connectivity index (χ3n) is 15.1. The van der Waals surface area contributed by atoms with E-state index in [-0.39, 0.29) is 7.43 Å². The molecule has 6 fully saturated rings. The molecule has 364 valence electrons. The van der Waals surface area contributed by atoms with Crippen LogP contribution in [0.1, 0.15) is 278 Å². The molecular formula is C61H114O. The van der Waals surface area contributed by atoms with E-state index in [0.717, 1.165) is 47.3 Å². The minimum absolute atomic E-state index is 0. The lowest BCUT2D eigenvalue weighted by Gasteiger charge is -2.35. The van der Waals surface area contributed by atoms with Crippen LogP contribution >= 0.6 is 0 Å². The zero-order chi connectivity index (χ0) is 45.6. The molecule has 1 aromatic rings. The molecule has 7 atom stereocenters. The summed E-state index contributed by atoms with van der Waals surface area (Å²) in [4.78, 5) is 0. The number of hydrogen-bond donors (Lipinski definition) is 0. The van der Waals surface area contributed by atoms with Crippen molar-refractivity contribution in [3.63, 3.8) is 0 Å². The minimum Gasteiger partial charge on any atom is -0.376 e. The summed E-state index contributed by atoms with van der Waals surface area (Å²) in [5.41, 5.74) is 4.16. The van der Waals surface area contributed by atoms with Crippen molar-refractivity contribution >= 4 is 0 Å². The summed E-state index contributed by atoms with van der Waals surface area (Å²) in [6.45, 7) is 39.8. The fraction of sp³-hybridized carbons (Fsp3) is 0.902. The van der Waals surface area contributed by atoms with Crippen LogP contribution in [0.4, 0.5) is 0 Å². The van der Waals surface area contributed by atoms with E-state index in [4.69, 9.17) is 4.74 Å². The zero-order valence-corrected chi connectivity index (χ0v) is 44.6. The van der Waals surface area contributed by atoms with E-state index in [1.807, 2.05) is 0 Å². The van der Waals surface area contributed by atoms with Gasteiger partial charge in [-0.05, 0) is 158 Å². The molecule has 1 nitrogen and oxygen atoms in total. The number of ether oxygens (including phenoxy) is 1. The normalized spacial score (nSPS) is 29.4. The zero-order valence-electron chi connectivity index (χ0n) is 44.6. The number of fused-ring (bicyclic) bond motifs is 2. The molecule has 1 saturated heterocycles. The van der Waals surface area contributed by atoms with Gasteiger partial charge in [-0.1, -0.05) is 219 Å². The van der Waals surface area contributed by atoms with Crippen LogP contribution in [0.3, 0.4) is 0 Å². The van der Waals surface area contributed by atoms with E-state index in [0.29, 0.717) is 39.3 Å². The predicted molar refractivity (Wildman–Crippen MR) is 279 cm³/mol. The third-order valence-corrected chi connectivity index (χ3v) is 15.1. The second-order valence-electron chi connectivity index (χ2n) is 28.2. The van der Waals surface area contributed by atoms with Crippen molar-refractivity contribution in [2.24, 2.45) is 68.5 Å². The Hall–Kier alpha value is -0.820. The topological polar surface area (TPSA) is 9.23 Å². The summed E-state index contributed by atoms with van der Waals surface area (Å²) in [5.74, 6) is 8.02. The van der Waals surface area contributed by atoms with Gasteiger partial charge in [0, 0.05) is 0 Å². The van der Waals surface area contributed by atoms with Crippen molar-refractivity contribution in [1.29, 1.82) is 0 Å². The molecule has 1 heteroatoms. The Kier molecular flexibility index (Phi) is 24.0. The fourth-order valence-electron chi connectivity index (χ4n) is 12.9. The van der Waals surface area contributed by atoms with Gasteiger partial charge in [0.15, 0.2) is 0 Å². The Labute approximate surface area is 392 Å². The van der Waals surface area contributed by atoms with Crippen molar-refractivity contribution in [3.05, 3.63) is 35.9 Å². The highest BCUT2D eigenvalue weighted by Gasteiger charge is 2.45. The summed E-state index contributed by atoms with van der Waals surface area (Å²) in [6, 6.07) is 10.9. The van der Waals surface area contributed by atoms with E-state index in [1.165, 1.54) is 121 Å². The summed E-state index contributed by atoms with van der Waals surface area (Å²) < 4.78 is 5.73. The van der Waals surface area contributed by atoms with Gasteiger partial charge in [0.2, 0.25) is 0 Å². The Morgan fingerprint density at radius 2 is 0.871 bits per heavy atom. The van der Waals surface area contributed by atoms with Gasteiger partial charge < -0.3 is 4.74 Å². The second-order valence-corrected chi connectivity index (χ2v) is 28.2. The summed E-state index contributed by atoms with van der Waals surface area (Å²) in [5, 5.41) is 0. The highest BCUT2D eigenvalue weighted by atomic mass is 16.5. The third kappa shape index (κ3) is 25.2. The Morgan fingerprint density at radius 1 is 0.452 bits per heavy atom. The molecule has 1 heterocycles. The van der Waals surface area contributed by atoms with Gasteiger partial charge >= 0.3 is 0 Å². The van der Waals surface area contributed by atoms with Gasteiger partial charge in [-0.25, -0.2) is 0 Å². The van der Waals surface area contributed by atoms with Gasteiger partial charge in [0.05, 0.1) is 12.2 Å². The molecule has 7 unspecified atom stereocenters. The van der Waals surface area contributed by atoms with Crippen LogP contribution in [0.2, 0.25) is 0 Å².